The highest BCUT2D eigenvalue weighted by atomic mass is 16.5. The van der Waals surface area contributed by atoms with Gasteiger partial charge in [0.15, 0.2) is 0 Å². The zero-order valence-electron chi connectivity index (χ0n) is 15.4. The van der Waals surface area contributed by atoms with Crippen LogP contribution in [0.25, 0.3) is 17.4 Å². The van der Waals surface area contributed by atoms with Crippen molar-refractivity contribution in [2.24, 2.45) is 0 Å². The Labute approximate surface area is 166 Å². The molecule has 7 nitrogen and oxygen atoms in total. The number of hydrogen-bond acceptors (Lipinski definition) is 5. The van der Waals surface area contributed by atoms with Crippen LogP contribution in [0.2, 0.25) is 0 Å². The predicted molar refractivity (Wildman–Crippen MR) is 106 cm³/mol. The van der Waals surface area contributed by atoms with E-state index in [9.17, 15) is 14.9 Å². The van der Waals surface area contributed by atoms with E-state index >= 15 is 0 Å². The summed E-state index contributed by atoms with van der Waals surface area (Å²) in [5.74, 6) is -0.257. The number of aromatic carboxylic acids is 1. The SMILES string of the molecule is COc1ccc(NC(=O)/C(C#N)=C/c2ccc(-c3cccc(C(=O)O)c3)o2)cc1. The first-order valence-corrected chi connectivity index (χ1v) is 8.51. The molecule has 2 aromatic carbocycles. The maximum atomic E-state index is 12.4. The van der Waals surface area contributed by atoms with Crippen molar-refractivity contribution < 1.29 is 23.8 Å². The first-order chi connectivity index (χ1) is 14.0. The normalized spacial score (nSPS) is 10.8. The van der Waals surface area contributed by atoms with Crippen molar-refractivity contribution >= 4 is 23.6 Å². The van der Waals surface area contributed by atoms with Gasteiger partial charge >= 0.3 is 5.97 Å². The highest BCUT2D eigenvalue weighted by Crippen LogP contribution is 2.24. The molecule has 29 heavy (non-hydrogen) atoms. The highest BCUT2D eigenvalue weighted by Gasteiger charge is 2.12. The molecule has 0 aliphatic carbocycles. The number of anilines is 1. The van der Waals surface area contributed by atoms with Crippen molar-refractivity contribution in [3.63, 3.8) is 0 Å². The van der Waals surface area contributed by atoms with Crippen molar-refractivity contribution in [2.45, 2.75) is 0 Å². The maximum absolute atomic E-state index is 12.4. The molecule has 144 valence electrons. The van der Waals surface area contributed by atoms with E-state index in [-0.39, 0.29) is 11.1 Å². The maximum Gasteiger partial charge on any atom is 0.335 e. The van der Waals surface area contributed by atoms with E-state index < -0.39 is 11.9 Å². The Morgan fingerprint density at radius 2 is 1.90 bits per heavy atom. The second kappa shape index (κ2) is 8.59. The molecule has 0 atom stereocenters. The van der Waals surface area contributed by atoms with Gasteiger partial charge in [-0.2, -0.15) is 5.26 Å². The Kier molecular flexibility index (Phi) is 5.76. The van der Waals surface area contributed by atoms with E-state index in [1.807, 2.05) is 6.07 Å². The minimum absolute atomic E-state index is 0.132. The number of carbonyl (C=O) groups excluding carboxylic acids is 1. The fraction of sp³-hybridized carbons (Fsp3) is 0.0455. The minimum atomic E-state index is -1.04. The Morgan fingerprint density at radius 3 is 2.55 bits per heavy atom. The molecule has 0 spiro atoms. The second-order valence-electron chi connectivity index (χ2n) is 5.94. The molecule has 0 bridgehead atoms. The number of nitrogens with zero attached hydrogens (tertiary/aromatic N) is 1. The van der Waals surface area contributed by atoms with Gasteiger partial charge in [0.2, 0.25) is 0 Å². The molecule has 0 aliphatic rings. The predicted octanol–water partition coefficient (Wildman–Crippen LogP) is 4.20. The lowest BCUT2D eigenvalue weighted by molar-refractivity contribution is -0.112. The van der Waals surface area contributed by atoms with Gasteiger partial charge in [0.25, 0.3) is 5.91 Å². The van der Waals surface area contributed by atoms with Crippen LogP contribution in [0.5, 0.6) is 5.75 Å². The minimum Gasteiger partial charge on any atom is -0.497 e. The van der Waals surface area contributed by atoms with Crippen molar-refractivity contribution in [1.29, 1.82) is 5.26 Å². The summed E-state index contributed by atoms with van der Waals surface area (Å²) in [5, 5.41) is 21.1. The van der Waals surface area contributed by atoms with Gasteiger partial charge in [0.1, 0.15) is 28.9 Å². The van der Waals surface area contributed by atoms with Crippen molar-refractivity contribution in [1.82, 2.24) is 0 Å². The Morgan fingerprint density at radius 1 is 1.14 bits per heavy atom. The molecule has 0 radical (unpaired) electrons. The third-order valence-corrected chi connectivity index (χ3v) is 4.02. The van der Waals surface area contributed by atoms with Crippen molar-refractivity contribution in [3.8, 4) is 23.1 Å². The topological polar surface area (TPSA) is 113 Å². The second-order valence-corrected chi connectivity index (χ2v) is 5.94. The molecular weight excluding hydrogens is 372 g/mol. The van der Waals surface area contributed by atoms with Gasteiger partial charge in [0.05, 0.1) is 12.7 Å². The molecule has 1 amide bonds. The number of furan rings is 1. The van der Waals surface area contributed by atoms with E-state index in [0.29, 0.717) is 28.5 Å². The Balaban J connectivity index is 1.79. The Bertz CT molecular complexity index is 1120. The molecular formula is C22H16N2O5. The van der Waals surface area contributed by atoms with Gasteiger partial charge in [-0.05, 0) is 48.5 Å². The number of hydrogen-bond donors (Lipinski definition) is 2. The lowest BCUT2D eigenvalue weighted by atomic mass is 10.1. The van der Waals surface area contributed by atoms with Crippen LogP contribution in [0.4, 0.5) is 5.69 Å². The zero-order chi connectivity index (χ0) is 20.8. The van der Waals surface area contributed by atoms with Gasteiger partial charge < -0.3 is 19.6 Å². The van der Waals surface area contributed by atoms with Crippen LogP contribution in [-0.2, 0) is 4.79 Å². The summed E-state index contributed by atoms with van der Waals surface area (Å²) in [7, 11) is 1.54. The van der Waals surface area contributed by atoms with E-state index in [1.54, 1.807) is 55.6 Å². The first-order valence-electron chi connectivity index (χ1n) is 8.51. The van der Waals surface area contributed by atoms with Gasteiger partial charge in [-0.3, -0.25) is 4.79 Å². The molecule has 2 N–H and O–H groups in total. The molecule has 0 fully saturated rings. The number of rotatable bonds is 6. The van der Waals surface area contributed by atoms with Gasteiger partial charge in [-0.15, -0.1) is 0 Å². The standard InChI is InChI=1S/C22H16N2O5/c1-28-18-7-5-17(6-8-18)24-21(25)16(13-23)12-19-9-10-20(29-19)14-3-2-4-15(11-14)22(26)27/h2-12H,1H3,(H,24,25)(H,26,27)/b16-12+. The average Bonchev–Trinajstić information content (AvgIpc) is 3.21. The number of benzene rings is 2. The number of methoxy groups -OCH3 is 1. The summed E-state index contributed by atoms with van der Waals surface area (Å²) in [5.41, 5.74) is 1.09. The van der Waals surface area contributed by atoms with Crippen LogP contribution in [0.15, 0.2) is 70.7 Å². The molecule has 0 unspecified atom stereocenters. The third kappa shape index (κ3) is 4.70. The van der Waals surface area contributed by atoms with E-state index in [4.69, 9.17) is 14.3 Å². The van der Waals surface area contributed by atoms with Crippen molar-refractivity contribution in [3.05, 3.63) is 77.6 Å². The average molecular weight is 388 g/mol. The molecule has 3 rings (SSSR count). The fourth-order valence-electron chi connectivity index (χ4n) is 2.55. The number of nitriles is 1. The smallest absolute Gasteiger partial charge is 0.335 e. The van der Waals surface area contributed by atoms with Gasteiger partial charge in [-0.1, -0.05) is 12.1 Å². The first kappa shape index (κ1) is 19.5. The van der Waals surface area contributed by atoms with Crippen LogP contribution in [-0.4, -0.2) is 24.1 Å². The van der Waals surface area contributed by atoms with E-state index in [2.05, 4.69) is 5.32 Å². The van der Waals surface area contributed by atoms with Crippen molar-refractivity contribution in [2.75, 3.05) is 12.4 Å². The largest absolute Gasteiger partial charge is 0.497 e. The molecule has 0 saturated carbocycles. The summed E-state index contributed by atoms with van der Waals surface area (Å²) in [6.45, 7) is 0. The number of carboxylic acids is 1. The summed E-state index contributed by atoms with van der Waals surface area (Å²) < 4.78 is 10.7. The lowest BCUT2D eigenvalue weighted by Crippen LogP contribution is -2.13. The molecule has 3 aromatic rings. The van der Waals surface area contributed by atoms with Crippen LogP contribution in [0.1, 0.15) is 16.1 Å². The van der Waals surface area contributed by atoms with Crippen LogP contribution in [0, 0.1) is 11.3 Å². The summed E-state index contributed by atoms with van der Waals surface area (Å²) in [4.78, 5) is 23.5. The molecule has 7 heteroatoms. The van der Waals surface area contributed by atoms with Crippen LogP contribution in [0.3, 0.4) is 0 Å². The quantitative estimate of drug-likeness (QED) is 0.483. The van der Waals surface area contributed by atoms with Crippen LogP contribution < -0.4 is 10.1 Å². The number of carboxylic acid groups (broad SMARTS) is 1. The molecule has 0 aliphatic heterocycles. The number of carbonyl (C=O) groups is 2. The summed E-state index contributed by atoms with van der Waals surface area (Å²) >= 11 is 0. The number of amides is 1. The summed E-state index contributed by atoms with van der Waals surface area (Å²) in [6.07, 6.45) is 1.32. The number of ether oxygens (including phenoxy) is 1. The third-order valence-electron chi connectivity index (χ3n) is 4.02. The summed E-state index contributed by atoms with van der Waals surface area (Å²) in [6, 6.07) is 18.1. The molecule has 0 saturated heterocycles. The zero-order valence-corrected chi connectivity index (χ0v) is 15.4. The van der Waals surface area contributed by atoms with Gasteiger partial charge in [-0.25, -0.2) is 4.79 Å². The lowest BCUT2D eigenvalue weighted by Gasteiger charge is -2.05. The van der Waals surface area contributed by atoms with Gasteiger partial charge in [0, 0.05) is 17.3 Å². The molecule has 1 aromatic heterocycles. The Hall–Kier alpha value is -4.31. The van der Waals surface area contributed by atoms with E-state index in [0.717, 1.165) is 0 Å². The van der Waals surface area contributed by atoms with E-state index in [1.165, 1.54) is 18.2 Å². The fourth-order valence-corrected chi connectivity index (χ4v) is 2.55. The number of nitrogens with one attached hydrogen (secondary N) is 1. The van der Waals surface area contributed by atoms with Crippen LogP contribution >= 0.6 is 0 Å². The molecule has 1 heterocycles. The monoisotopic (exact) mass is 388 g/mol. The highest BCUT2D eigenvalue weighted by molar-refractivity contribution is 6.09.